The van der Waals surface area contributed by atoms with Gasteiger partial charge in [0.2, 0.25) is 0 Å². The number of ether oxygens (including phenoxy) is 3. The third kappa shape index (κ3) is 18.7. The van der Waals surface area contributed by atoms with Crippen molar-refractivity contribution in [3.05, 3.63) is 163 Å². The zero-order valence-electron chi connectivity index (χ0n) is 50.1. The third-order valence-corrected chi connectivity index (χ3v) is 17.0. The smallest absolute Gasteiger partial charge is 0.462 e. The van der Waals surface area contributed by atoms with Gasteiger partial charge in [0.05, 0.1) is 70.0 Å². The number of aryl methyl sites for hydroxylation is 3. The quantitative estimate of drug-likeness (QED) is 0.0295. The zero-order valence-corrected chi connectivity index (χ0v) is 59.5. The van der Waals surface area contributed by atoms with Gasteiger partial charge in [-0.2, -0.15) is 0 Å². The molecule has 0 saturated heterocycles. The van der Waals surface area contributed by atoms with E-state index in [1.54, 1.807) is 67.5 Å². The molecule has 10 atom stereocenters. The summed E-state index contributed by atoms with van der Waals surface area (Å²) in [4.78, 5) is 93.3. The number of hydrogen-bond acceptors (Lipinski definition) is 19. The topological polar surface area (TPSA) is 306 Å². The molecule has 0 aliphatic heterocycles. The number of esters is 3. The van der Waals surface area contributed by atoms with E-state index in [1.807, 2.05) is 72.4 Å². The number of hydrogen-bond donors (Lipinski definition) is 3. The molecular formula is C61H69N12O12P2Y3-3. The van der Waals surface area contributed by atoms with Crippen molar-refractivity contribution in [3.8, 4) is 0 Å². The largest absolute Gasteiger partial charge is 0.469 e. The summed E-state index contributed by atoms with van der Waals surface area (Å²) >= 11 is 0. The van der Waals surface area contributed by atoms with Crippen molar-refractivity contribution in [2.75, 3.05) is 39.6 Å². The van der Waals surface area contributed by atoms with Gasteiger partial charge in [-0.3, -0.25) is 19.5 Å². The average molecular weight is 1490 g/mol. The van der Waals surface area contributed by atoms with Crippen LogP contribution >= 0.6 is 17.2 Å². The molecule has 0 bridgehead atoms. The van der Waals surface area contributed by atoms with Gasteiger partial charge in [0.1, 0.15) is 0 Å². The first-order valence-corrected chi connectivity index (χ1v) is 30.1. The fourth-order valence-electron chi connectivity index (χ4n) is 11.9. The Hall–Kier alpha value is -4.51. The number of aliphatic hydroxyl groups is 1. The Kier molecular flexibility index (Phi) is 28.5. The first-order chi connectivity index (χ1) is 42.2. The van der Waals surface area contributed by atoms with Crippen LogP contribution in [0.4, 0.5) is 0 Å². The van der Waals surface area contributed by atoms with Crippen LogP contribution in [0, 0.1) is 75.3 Å². The number of fused-ring (bicyclic) bond motifs is 3. The monoisotopic (exact) mass is 1490 g/mol. The van der Waals surface area contributed by atoms with E-state index >= 15 is 0 Å². The van der Waals surface area contributed by atoms with E-state index in [4.69, 9.17) is 34.3 Å². The molecule has 1 unspecified atom stereocenters. The minimum atomic E-state index is -4.61. The molecule has 12 rings (SSSR count). The van der Waals surface area contributed by atoms with Gasteiger partial charge in [-0.15, -0.1) is 0 Å². The number of imidazole rings is 3. The summed E-state index contributed by atoms with van der Waals surface area (Å²) in [6.07, 6.45) is 17.7. The van der Waals surface area contributed by atoms with Crippen LogP contribution in [0.1, 0.15) is 112 Å². The molecule has 0 amide bonds. The Balaban J connectivity index is 0.000000213. The van der Waals surface area contributed by atoms with Crippen LogP contribution in [-0.4, -0.2) is 132 Å². The molecule has 29 heteroatoms. The summed E-state index contributed by atoms with van der Waals surface area (Å²) in [6, 6.07) is 26.9. The van der Waals surface area contributed by atoms with Gasteiger partial charge in [-0.1, -0.05) is 82.8 Å². The van der Waals surface area contributed by atoms with Gasteiger partial charge >= 0.3 is 25.7 Å². The molecule has 6 heterocycles. The summed E-state index contributed by atoms with van der Waals surface area (Å²) in [5, 5.41) is 9.79. The molecule has 90 heavy (non-hydrogen) atoms. The molecule has 3 N–H and O–H groups in total. The molecule has 3 aliphatic carbocycles. The fourth-order valence-corrected chi connectivity index (χ4v) is 12.5. The number of aliphatic hydroxyl groups excluding tert-OH is 1. The number of benzene rings is 3. The third-order valence-electron chi connectivity index (χ3n) is 16.4. The van der Waals surface area contributed by atoms with Crippen molar-refractivity contribution in [1.29, 1.82) is 1.28 Å². The average Bonchev–Trinajstić information content (AvgIpc) is 1.69. The van der Waals surface area contributed by atoms with Crippen molar-refractivity contribution in [2.45, 2.75) is 84.8 Å². The predicted molar refractivity (Wildman–Crippen MR) is 320 cm³/mol. The second-order valence-electron chi connectivity index (χ2n) is 21.8. The summed E-state index contributed by atoms with van der Waals surface area (Å²) < 4.78 is 51.3. The number of carbonyl (C=O) groups excluding carboxylic acids is 3. The molecule has 467 valence electrons. The van der Waals surface area contributed by atoms with Crippen LogP contribution in [0.2, 0.25) is 0 Å². The first-order valence-electron chi connectivity index (χ1n) is 28.6. The molecule has 3 aliphatic rings. The summed E-state index contributed by atoms with van der Waals surface area (Å²) in [5.41, 5.74) is 8.25. The van der Waals surface area contributed by atoms with E-state index < -0.39 is 13.8 Å². The van der Waals surface area contributed by atoms with Gasteiger partial charge in [0.15, 0.2) is 0 Å². The van der Waals surface area contributed by atoms with Crippen LogP contribution in [0.15, 0.2) is 110 Å². The van der Waals surface area contributed by atoms with Gasteiger partial charge in [-0.25, -0.2) is 18.9 Å². The second-order valence-corrected chi connectivity index (χ2v) is 23.3. The number of phosphoric acid groups is 1. The van der Waals surface area contributed by atoms with Crippen molar-refractivity contribution in [2.24, 2.45) is 35.5 Å². The van der Waals surface area contributed by atoms with E-state index in [9.17, 15) is 24.1 Å². The van der Waals surface area contributed by atoms with Gasteiger partial charge in [-0.05, 0) is 110 Å². The molecule has 0 spiro atoms. The van der Waals surface area contributed by atoms with Crippen molar-refractivity contribution < 1.29 is 155 Å². The molecule has 3 fully saturated rings. The molecule has 6 aromatic heterocycles. The van der Waals surface area contributed by atoms with E-state index in [-0.39, 0.29) is 200 Å². The first kappa shape index (κ1) is 72.9. The molecule has 3 saturated carbocycles. The zero-order chi connectivity index (χ0) is 61.0. The minimum absolute atomic E-state index is 0. The summed E-state index contributed by atoms with van der Waals surface area (Å²) in [6.45, 7) is 6.76. The van der Waals surface area contributed by atoms with E-state index in [0.717, 1.165) is 65.1 Å². The van der Waals surface area contributed by atoms with Crippen molar-refractivity contribution in [3.63, 3.8) is 0 Å². The fraction of sp³-hybridized carbons (Fsp3) is 0.410. The Labute approximate surface area is 600 Å². The van der Waals surface area contributed by atoms with Crippen LogP contribution < -0.4 is 0 Å². The van der Waals surface area contributed by atoms with E-state index in [2.05, 4.69) is 68.4 Å². The predicted octanol–water partition coefficient (Wildman–Crippen LogP) is 8.61. The molecule has 3 aromatic carbocycles. The van der Waals surface area contributed by atoms with Crippen LogP contribution in [0.25, 0.3) is 33.5 Å². The molecule has 24 nitrogen and oxygen atoms in total. The van der Waals surface area contributed by atoms with Crippen molar-refractivity contribution in [1.82, 2.24) is 58.6 Å². The SMILES string of the molecule is C.Cc1n[c-]nc2c1ncn2[C@H]1C[C@@H](CO)[C@@H](COC(=O)c2ccccc2)C1.Cc1n[c-]nc2c1ncn2[C@H]1C[C@@H](COP(=O)(O)O)[C@@H](COC(=O)c2ccccc2)C1.[3H]POC[C@@H]1C[C@H](n2cnc3c(C)n[c-]nc32)C[C@@H]1COC(=O)c1ccccc1.[Y].[Y].[Y]. The molecule has 3 radical (unpaired) electrons. The number of aromatic nitrogens is 12. The van der Waals surface area contributed by atoms with E-state index in [1.165, 1.54) is 0 Å². The number of phosphoric ester groups is 1. The normalized spacial score (nSPS) is 21.1. The van der Waals surface area contributed by atoms with Crippen LogP contribution in [0.3, 0.4) is 0 Å². The van der Waals surface area contributed by atoms with Gasteiger partial charge in [0.25, 0.3) is 0 Å². The standard InChI is InChI=1S/C20H22N4O6P.C20H22N4O3P.C20H21N4O3.CH4.3Y/c1-13-18-19(22-11-21-13)24(12-23-18)17-7-15(16(8-17)10-30-31(26,27)28)9-29-20(25)14-5-3-2-4-6-14;1-13-18-19(22-11-21-13)24(12-23-18)17-7-15(16(8-17)10-27-28)9-26-20(25)14-5-3-2-4-6-14;1-13-18-19(22-11-21-13)24(12-23-18)17-7-15(9-25)16(8-17)10-27-20(26)14-5-3-2-4-6-14;;;;/h2-6,12,15-17H,7-10H2,1H3,(H2,26,27,28);2-6,12,15-17H,7-10,28H2,1H3;2-6,12,15-17,25H,7-10H2,1H3;1H4;;;/q3*-1;;;;/t3*15-,16+,17-;;;;/m110..../s1/i;28T;;;;;/t;15-,16+,17-,28?;;;;;. The summed E-state index contributed by atoms with van der Waals surface area (Å²) in [7, 11) is -4.91. The Morgan fingerprint density at radius 2 is 0.811 bits per heavy atom. The summed E-state index contributed by atoms with van der Waals surface area (Å²) in [5.74, 6) is -0.938. The Morgan fingerprint density at radius 3 is 1.12 bits per heavy atom. The maximum absolute atomic E-state index is 12.3. The van der Waals surface area contributed by atoms with Crippen molar-refractivity contribution >= 4 is 68.6 Å². The Bertz CT molecular complexity index is 3840. The van der Waals surface area contributed by atoms with Crippen LogP contribution in [-0.2, 0) is 126 Å². The second kappa shape index (κ2) is 35.1. The maximum Gasteiger partial charge on any atom is 0.469 e. The Morgan fingerprint density at radius 1 is 0.511 bits per heavy atom. The number of rotatable bonds is 19. The van der Waals surface area contributed by atoms with E-state index in [0.29, 0.717) is 60.5 Å². The number of nitrogens with zero attached hydrogens (tertiary/aromatic N) is 12. The number of carbonyl (C=O) groups is 3. The minimum Gasteiger partial charge on any atom is -0.462 e. The van der Waals surface area contributed by atoms with Gasteiger partial charge in [0, 0.05) is 202 Å². The molecular weight excluding hydrogens is 1420 g/mol. The maximum atomic E-state index is 12.3. The van der Waals surface area contributed by atoms with Crippen LogP contribution in [0.5, 0.6) is 0 Å². The molecule has 9 aromatic rings. The van der Waals surface area contributed by atoms with Gasteiger partial charge < -0.3 is 77.2 Å².